The van der Waals surface area contributed by atoms with Crippen LogP contribution in [-0.2, 0) is 16.0 Å². The molecule has 0 aromatic heterocycles. The fourth-order valence-electron chi connectivity index (χ4n) is 1.44. The molecule has 1 aromatic carbocycles. The highest BCUT2D eigenvalue weighted by Crippen LogP contribution is 2.06. The van der Waals surface area contributed by atoms with Crippen LogP contribution in [0.3, 0.4) is 0 Å². The Morgan fingerprint density at radius 1 is 1.25 bits per heavy atom. The van der Waals surface area contributed by atoms with Crippen molar-refractivity contribution in [2.45, 2.75) is 33.1 Å². The second kappa shape index (κ2) is 7.18. The summed E-state index contributed by atoms with van der Waals surface area (Å²) < 4.78 is 5.20. The van der Waals surface area contributed by atoms with E-state index >= 15 is 0 Å². The van der Waals surface area contributed by atoms with Gasteiger partial charge < -0.3 is 4.74 Å². The van der Waals surface area contributed by atoms with Crippen molar-refractivity contribution in [3.8, 4) is 0 Å². The molecule has 1 aromatic rings. The smallest absolute Gasteiger partial charge is 0.158 e. The number of rotatable bonds is 7. The van der Waals surface area contributed by atoms with Gasteiger partial charge in [0.1, 0.15) is 6.61 Å². The van der Waals surface area contributed by atoms with Crippen LogP contribution in [0.1, 0.15) is 30.9 Å². The van der Waals surface area contributed by atoms with E-state index in [1.54, 1.807) is 0 Å². The van der Waals surface area contributed by atoms with Crippen LogP contribution in [0.4, 0.5) is 0 Å². The van der Waals surface area contributed by atoms with Crippen LogP contribution in [0, 0.1) is 6.92 Å². The first kappa shape index (κ1) is 12.9. The summed E-state index contributed by atoms with van der Waals surface area (Å²) in [5, 5.41) is 0. The topological polar surface area (TPSA) is 26.3 Å². The van der Waals surface area contributed by atoms with Gasteiger partial charge in [-0.2, -0.15) is 0 Å². The van der Waals surface area contributed by atoms with E-state index in [4.69, 9.17) is 4.74 Å². The van der Waals surface area contributed by atoms with Gasteiger partial charge in [-0.05, 0) is 25.3 Å². The first-order valence-electron chi connectivity index (χ1n) is 5.87. The predicted octanol–water partition coefficient (Wildman–Crippen LogP) is 2.92. The van der Waals surface area contributed by atoms with E-state index in [0.717, 1.165) is 12.8 Å². The van der Waals surface area contributed by atoms with E-state index in [9.17, 15) is 4.79 Å². The first-order chi connectivity index (χ1) is 7.72. The van der Waals surface area contributed by atoms with E-state index in [0.29, 0.717) is 13.0 Å². The summed E-state index contributed by atoms with van der Waals surface area (Å²) in [7, 11) is 0. The molecular formula is C14H20O2. The minimum absolute atomic E-state index is 0.189. The molecule has 0 spiro atoms. The standard InChI is InChI=1S/C14H20O2/c1-3-10-16-11-14(15)9-8-13-6-4-12(2)5-7-13/h4-7H,3,8-11H2,1-2H3. The van der Waals surface area contributed by atoms with Crippen molar-refractivity contribution in [1.29, 1.82) is 0 Å². The molecule has 0 heterocycles. The van der Waals surface area contributed by atoms with E-state index in [1.165, 1.54) is 11.1 Å². The van der Waals surface area contributed by atoms with Crippen molar-refractivity contribution in [3.05, 3.63) is 35.4 Å². The molecule has 1 rings (SSSR count). The van der Waals surface area contributed by atoms with Gasteiger partial charge in [-0.25, -0.2) is 0 Å². The summed E-state index contributed by atoms with van der Waals surface area (Å²) >= 11 is 0. The van der Waals surface area contributed by atoms with Gasteiger partial charge in [-0.15, -0.1) is 0 Å². The number of aryl methyl sites for hydroxylation is 2. The highest BCUT2D eigenvalue weighted by atomic mass is 16.5. The minimum Gasteiger partial charge on any atom is -0.374 e. The molecule has 0 atom stereocenters. The second-order valence-corrected chi connectivity index (χ2v) is 4.08. The maximum absolute atomic E-state index is 11.4. The Kier molecular flexibility index (Phi) is 5.79. The summed E-state index contributed by atoms with van der Waals surface area (Å²) in [4.78, 5) is 11.4. The van der Waals surface area contributed by atoms with Crippen molar-refractivity contribution in [2.24, 2.45) is 0 Å². The predicted molar refractivity (Wildman–Crippen MR) is 65.6 cm³/mol. The van der Waals surface area contributed by atoms with Crippen LogP contribution in [0.15, 0.2) is 24.3 Å². The van der Waals surface area contributed by atoms with E-state index in [1.807, 2.05) is 6.92 Å². The summed E-state index contributed by atoms with van der Waals surface area (Å²) in [6, 6.07) is 8.31. The number of ether oxygens (including phenoxy) is 1. The van der Waals surface area contributed by atoms with E-state index < -0.39 is 0 Å². The molecule has 0 unspecified atom stereocenters. The quantitative estimate of drug-likeness (QED) is 0.660. The minimum atomic E-state index is 0.189. The van der Waals surface area contributed by atoms with Gasteiger partial charge in [0, 0.05) is 13.0 Å². The van der Waals surface area contributed by atoms with Crippen molar-refractivity contribution in [3.63, 3.8) is 0 Å². The van der Waals surface area contributed by atoms with Crippen LogP contribution in [-0.4, -0.2) is 19.0 Å². The zero-order valence-corrected chi connectivity index (χ0v) is 10.2. The molecular weight excluding hydrogens is 200 g/mol. The third kappa shape index (κ3) is 5.08. The van der Waals surface area contributed by atoms with E-state index in [-0.39, 0.29) is 12.4 Å². The molecule has 0 radical (unpaired) electrons. The molecule has 0 N–H and O–H groups in total. The Balaban J connectivity index is 2.23. The fourth-order valence-corrected chi connectivity index (χ4v) is 1.44. The fraction of sp³-hybridized carbons (Fsp3) is 0.500. The zero-order valence-electron chi connectivity index (χ0n) is 10.2. The second-order valence-electron chi connectivity index (χ2n) is 4.08. The third-order valence-electron chi connectivity index (χ3n) is 2.42. The molecule has 0 saturated heterocycles. The molecule has 88 valence electrons. The van der Waals surface area contributed by atoms with Crippen LogP contribution in [0.5, 0.6) is 0 Å². The summed E-state index contributed by atoms with van der Waals surface area (Å²) in [5.74, 6) is 0.189. The summed E-state index contributed by atoms with van der Waals surface area (Å²) in [6.07, 6.45) is 2.35. The third-order valence-corrected chi connectivity index (χ3v) is 2.42. The van der Waals surface area contributed by atoms with Crippen molar-refractivity contribution < 1.29 is 9.53 Å². The molecule has 0 fully saturated rings. The monoisotopic (exact) mass is 220 g/mol. The number of carbonyl (C=O) groups is 1. The van der Waals surface area contributed by atoms with Crippen LogP contribution in [0.2, 0.25) is 0 Å². The van der Waals surface area contributed by atoms with Crippen LogP contribution < -0.4 is 0 Å². The number of benzene rings is 1. The lowest BCUT2D eigenvalue weighted by Crippen LogP contribution is -2.10. The van der Waals surface area contributed by atoms with Crippen molar-refractivity contribution in [2.75, 3.05) is 13.2 Å². The average Bonchev–Trinajstić information content (AvgIpc) is 2.29. The SMILES string of the molecule is CCCOCC(=O)CCc1ccc(C)cc1. The lowest BCUT2D eigenvalue weighted by Gasteiger charge is -2.03. The van der Waals surface area contributed by atoms with Gasteiger partial charge >= 0.3 is 0 Å². The Hall–Kier alpha value is -1.15. The van der Waals surface area contributed by atoms with Gasteiger partial charge in [0.25, 0.3) is 0 Å². The molecule has 0 aliphatic heterocycles. The van der Waals surface area contributed by atoms with E-state index in [2.05, 4.69) is 31.2 Å². The maximum atomic E-state index is 11.4. The van der Waals surface area contributed by atoms with Gasteiger partial charge in [-0.1, -0.05) is 36.8 Å². The number of hydrogen-bond donors (Lipinski definition) is 0. The molecule has 2 heteroatoms. The highest BCUT2D eigenvalue weighted by Gasteiger charge is 2.02. The Labute approximate surface area is 97.6 Å². The normalized spacial score (nSPS) is 10.4. The molecule has 0 saturated carbocycles. The lowest BCUT2D eigenvalue weighted by atomic mass is 10.1. The summed E-state index contributed by atoms with van der Waals surface area (Å²) in [5.41, 5.74) is 2.47. The first-order valence-corrected chi connectivity index (χ1v) is 5.87. The number of hydrogen-bond acceptors (Lipinski definition) is 2. The molecule has 2 nitrogen and oxygen atoms in total. The van der Waals surface area contributed by atoms with Crippen molar-refractivity contribution in [1.82, 2.24) is 0 Å². The Morgan fingerprint density at radius 3 is 2.56 bits per heavy atom. The Bertz CT molecular complexity index is 314. The Morgan fingerprint density at radius 2 is 1.94 bits per heavy atom. The molecule has 16 heavy (non-hydrogen) atoms. The van der Waals surface area contributed by atoms with Gasteiger partial charge in [-0.3, -0.25) is 4.79 Å². The van der Waals surface area contributed by atoms with Crippen LogP contribution in [0.25, 0.3) is 0 Å². The van der Waals surface area contributed by atoms with Crippen LogP contribution >= 0.6 is 0 Å². The van der Waals surface area contributed by atoms with Gasteiger partial charge in [0.15, 0.2) is 5.78 Å². The molecule has 0 amide bonds. The molecule has 0 aliphatic carbocycles. The number of ketones is 1. The molecule has 0 aliphatic rings. The van der Waals surface area contributed by atoms with Gasteiger partial charge in [0.2, 0.25) is 0 Å². The average molecular weight is 220 g/mol. The summed E-state index contributed by atoms with van der Waals surface area (Å²) in [6.45, 7) is 5.04. The number of Topliss-reactive ketones (excluding diaryl/α,β-unsaturated/α-hetero) is 1. The molecule has 0 bridgehead atoms. The maximum Gasteiger partial charge on any atom is 0.158 e. The highest BCUT2D eigenvalue weighted by molar-refractivity contribution is 5.79. The lowest BCUT2D eigenvalue weighted by molar-refractivity contribution is -0.123. The van der Waals surface area contributed by atoms with Crippen molar-refractivity contribution >= 4 is 5.78 Å². The zero-order chi connectivity index (χ0) is 11.8. The largest absolute Gasteiger partial charge is 0.374 e. The van der Waals surface area contributed by atoms with Gasteiger partial charge in [0.05, 0.1) is 0 Å². The number of carbonyl (C=O) groups excluding carboxylic acids is 1.